The fourth-order valence-corrected chi connectivity index (χ4v) is 3.54. The Kier molecular flexibility index (Phi) is 5.52. The highest BCUT2D eigenvalue weighted by atomic mass is 32.2. The van der Waals surface area contributed by atoms with Gasteiger partial charge in [0.2, 0.25) is 10.0 Å². The van der Waals surface area contributed by atoms with Gasteiger partial charge in [-0.1, -0.05) is 60.7 Å². The van der Waals surface area contributed by atoms with Crippen LogP contribution in [0.25, 0.3) is 6.08 Å². The predicted molar refractivity (Wildman–Crippen MR) is 91.5 cm³/mol. The van der Waals surface area contributed by atoms with Gasteiger partial charge in [-0.05, 0) is 31.1 Å². The topological polar surface area (TPSA) is 37.4 Å². The van der Waals surface area contributed by atoms with Crippen molar-refractivity contribution in [3.05, 3.63) is 77.2 Å². The molecule has 0 aromatic heterocycles. The molecule has 2 aromatic rings. The fourth-order valence-electron chi connectivity index (χ4n) is 2.14. The lowest BCUT2D eigenvalue weighted by Gasteiger charge is -2.24. The molecule has 0 saturated carbocycles. The lowest BCUT2D eigenvalue weighted by atomic mass is 10.2. The first kappa shape index (κ1) is 16.5. The van der Waals surface area contributed by atoms with Crippen LogP contribution in [0.5, 0.6) is 0 Å². The van der Waals surface area contributed by atoms with Gasteiger partial charge in [-0.2, -0.15) is 4.31 Å². The molecule has 0 aliphatic carbocycles. The molecule has 0 unspecified atom stereocenters. The lowest BCUT2D eigenvalue weighted by molar-refractivity contribution is 0.353. The minimum atomic E-state index is -3.47. The third kappa shape index (κ3) is 4.55. The van der Waals surface area contributed by atoms with E-state index < -0.39 is 10.0 Å². The Bertz CT molecular complexity index is 707. The quantitative estimate of drug-likeness (QED) is 0.811. The molecule has 0 aliphatic rings. The molecule has 0 bridgehead atoms. The highest BCUT2D eigenvalue weighted by Gasteiger charge is 2.22. The number of benzene rings is 2. The summed E-state index contributed by atoms with van der Waals surface area (Å²) in [6.45, 7) is 4.15. The monoisotopic (exact) mass is 315 g/mol. The molecule has 0 aliphatic heterocycles. The Hall–Kier alpha value is -1.91. The van der Waals surface area contributed by atoms with Gasteiger partial charge in [0.1, 0.15) is 0 Å². The standard InChI is InChI=1S/C18H21NO2S/c1-16(2)19(15-18-11-7-4-8-12-18)22(20,21)14-13-17-9-5-3-6-10-17/h3-14,16H,15H2,1-2H3/b14-13+. The largest absolute Gasteiger partial charge is 0.236 e. The number of nitrogens with zero attached hydrogens (tertiary/aromatic N) is 1. The maximum Gasteiger partial charge on any atom is 0.236 e. The molecule has 0 spiro atoms. The molecule has 116 valence electrons. The van der Waals surface area contributed by atoms with E-state index in [2.05, 4.69) is 0 Å². The second-order valence-electron chi connectivity index (χ2n) is 5.38. The molecule has 0 fully saturated rings. The van der Waals surface area contributed by atoms with Crippen LogP contribution in [0.4, 0.5) is 0 Å². The second kappa shape index (κ2) is 7.38. The van der Waals surface area contributed by atoms with Crippen molar-refractivity contribution in [2.24, 2.45) is 0 Å². The molecule has 4 heteroatoms. The normalized spacial score (nSPS) is 12.4. The van der Waals surface area contributed by atoms with Crippen molar-refractivity contribution < 1.29 is 8.42 Å². The van der Waals surface area contributed by atoms with Crippen molar-refractivity contribution in [2.75, 3.05) is 0 Å². The SMILES string of the molecule is CC(C)N(Cc1ccccc1)S(=O)(=O)/C=C/c1ccccc1. The number of sulfonamides is 1. The highest BCUT2D eigenvalue weighted by molar-refractivity contribution is 7.92. The van der Waals surface area contributed by atoms with E-state index in [1.54, 1.807) is 6.08 Å². The summed E-state index contributed by atoms with van der Waals surface area (Å²) >= 11 is 0. The van der Waals surface area contributed by atoms with E-state index in [9.17, 15) is 8.42 Å². The molecule has 3 nitrogen and oxygen atoms in total. The van der Waals surface area contributed by atoms with Gasteiger partial charge >= 0.3 is 0 Å². The first-order valence-electron chi connectivity index (χ1n) is 7.28. The van der Waals surface area contributed by atoms with Gasteiger partial charge in [0.15, 0.2) is 0 Å². The molecule has 0 N–H and O–H groups in total. The molecule has 2 rings (SSSR count). The Labute approximate surface area is 133 Å². The summed E-state index contributed by atoms with van der Waals surface area (Å²) in [7, 11) is -3.47. The average Bonchev–Trinajstić information content (AvgIpc) is 2.52. The van der Waals surface area contributed by atoms with Crippen LogP contribution in [-0.4, -0.2) is 18.8 Å². The van der Waals surface area contributed by atoms with Crippen molar-refractivity contribution in [1.82, 2.24) is 4.31 Å². The van der Waals surface area contributed by atoms with Gasteiger partial charge < -0.3 is 0 Å². The molecule has 2 aromatic carbocycles. The summed E-state index contributed by atoms with van der Waals surface area (Å²) < 4.78 is 26.7. The molecular formula is C18H21NO2S. The van der Waals surface area contributed by atoms with E-state index in [4.69, 9.17) is 0 Å². The zero-order valence-electron chi connectivity index (χ0n) is 12.9. The first-order valence-corrected chi connectivity index (χ1v) is 8.78. The van der Waals surface area contributed by atoms with E-state index in [1.807, 2.05) is 74.5 Å². The summed E-state index contributed by atoms with van der Waals surface area (Å²) in [6, 6.07) is 19.0. The van der Waals surface area contributed by atoms with E-state index >= 15 is 0 Å². The molecule has 22 heavy (non-hydrogen) atoms. The van der Waals surface area contributed by atoms with Crippen molar-refractivity contribution in [2.45, 2.75) is 26.4 Å². The zero-order chi connectivity index (χ0) is 16.0. The summed E-state index contributed by atoms with van der Waals surface area (Å²) in [5.41, 5.74) is 1.85. The minimum Gasteiger partial charge on any atom is -0.207 e. The molecule has 0 heterocycles. The zero-order valence-corrected chi connectivity index (χ0v) is 13.7. The van der Waals surface area contributed by atoms with Crippen LogP contribution in [0.15, 0.2) is 66.1 Å². The lowest BCUT2D eigenvalue weighted by Crippen LogP contribution is -2.35. The Morgan fingerprint density at radius 2 is 1.50 bits per heavy atom. The van der Waals surface area contributed by atoms with Crippen molar-refractivity contribution >= 4 is 16.1 Å². The minimum absolute atomic E-state index is 0.106. The third-order valence-electron chi connectivity index (χ3n) is 3.32. The van der Waals surface area contributed by atoms with Crippen molar-refractivity contribution in [3.63, 3.8) is 0 Å². The van der Waals surface area contributed by atoms with Crippen LogP contribution >= 0.6 is 0 Å². The van der Waals surface area contributed by atoms with Crippen LogP contribution in [-0.2, 0) is 16.6 Å². The van der Waals surface area contributed by atoms with E-state index in [0.717, 1.165) is 11.1 Å². The van der Waals surface area contributed by atoms with Crippen molar-refractivity contribution in [3.8, 4) is 0 Å². The van der Waals surface area contributed by atoms with Crippen LogP contribution in [0.2, 0.25) is 0 Å². The summed E-state index contributed by atoms with van der Waals surface area (Å²) in [5, 5.41) is 1.28. The predicted octanol–water partition coefficient (Wildman–Crippen LogP) is 3.90. The number of hydrogen-bond acceptors (Lipinski definition) is 2. The van der Waals surface area contributed by atoms with E-state index in [1.165, 1.54) is 9.71 Å². The molecular weight excluding hydrogens is 294 g/mol. The van der Waals surface area contributed by atoms with Gasteiger partial charge in [-0.25, -0.2) is 8.42 Å². The molecule has 0 amide bonds. The maximum atomic E-state index is 12.6. The fraction of sp³-hybridized carbons (Fsp3) is 0.222. The highest BCUT2D eigenvalue weighted by Crippen LogP contribution is 2.16. The summed E-state index contributed by atoms with van der Waals surface area (Å²) in [5.74, 6) is 0. The number of hydrogen-bond donors (Lipinski definition) is 0. The number of rotatable bonds is 6. The van der Waals surface area contributed by atoms with Crippen LogP contribution in [0.3, 0.4) is 0 Å². The average molecular weight is 315 g/mol. The van der Waals surface area contributed by atoms with E-state index in [0.29, 0.717) is 6.54 Å². The molecule has 0 radical (unpaired) electrons. The maximum absolute atomic E-state index is 12.6. The van der Waals surface area contributed by atoms with E-state index in [-0.39, 0.29) is 6.04 Å². The second-order valence-corrected chi connectivity index (χ2v) is 7.15. The first-order chi connectivity index (χ1) is 10.5. The van der Waals surface area contributed by atoms with Gasteiger partial charge in [0.25, 0.3) is 0 Å². The van der Waals surface area contributed by atoms with Gasteiger partial charge in [0.05, 0.1) is 0 Å². The summed E-state index contributed by atoms with van der Waals surface area (Å²) in [6.07, 6.45) is 1.63. The Morgan fingerprint density at radius 1 is 0.955 bits per heavy atom. The molecule has 0 atom stereocenters. The van der Waals surface area contributed by atoms with Crippen molar-refractivity contribution in [1.29, 1.82) is 0 Å². The Balaban J connectivity index is 2.21. The van der Waals surface area contributed by atoms with Gasteiger partial charge in [-0.15, -0.1) is 0 Å². The molecule has 0 saturated heterocycles. The summed E-state index contributed by atoms with van der Waals surface area (Å²) in [4.78, 5) is 0. The smallest absolute Gasteiger partial charge is 0.207 e. The van der Waals surface area contributed by atoms with Crippen LogP contribution < -0.4 is 0 Å². The van der Waals surface area contributed by atoms with Crippen LogP contribution in [0, 0.1) is 0 Å². The Morgan fingerprint density at radius 3 is 2.05 bits per heavy atom. The van der Waals surface area contributed by atoms with Gasteiger partial charge in [0, 0.05) is 18.0 Å². The van der Waals surface area contributed by atoms with Gasteiger partial charge in [-0.3, -0.25) is 0 Å². The third-order valence-corrected chi connectivity index (χ3v) is 5.00. The van der Waals surface area contributed by atoms with Crippen LogP contribution in [0.1, 0.15) is 25.0 Å².